The van der Waals surface area contributed by atoms with Crippen LogP contribution in [0.25, 0.3) is 0 Å². The number of aliphatic carboxylic acids is 1. The van der Waals surface area contributed by atoms with Gasteiger partial charge in [0.2, 0.25) is 0 Å². The van der Waals surface area contributed by atoms with E-state index in [1.54, 1.807) is 0 Å². The summed E-state index contributed by atoms with van der Waals surface area (Å²) in [5.41, 5.74) is 5.23. The lowest BCUT2D eigenvalue weighted by Gasteiger charge is -2.20. The SMILES string of the molecule is CC/C=C\C/C=C\C/C=C\C/C=C\CCCCCCCCCCCCC(=O)OC(COC(C)=O)COP(=O)(O)OCC(N)C(=O)O. The smallest absolute Gasteiger partial charge is 0.472 e. The Morgan fingerprint density at radius 3 is 1.72 bits per heavy atom. The van der Waals surface area contributed by atoms with Gasteiger partial charge in [0.25, 0.3) is 0 Å². The van der Waals surface area contributed by atoms with Crippen LogP contribution >= 0.6 is 7.82 Å². The Morgan fingerprint density at radius 1 is 0.717 bits per heavy atom. The van der Waals surface area contributed by atoms with E-state index < -0.39 is 51.1 Å². The summed E-state index contributed by atoms with van der Waals surface area (Å²) < 4.78 is 31.4. The maximum absolute atomic E-state index is 12.3. The van der Waals surface area contributed by atoms with Crippen LogP contribution in [0.5, 0.6) is 0 Å². The minimum Gasteiger partial charge on any atom is -0.480 e. The van der Waals surface area contributed by atoms with E-state index in [0.29, 0.717) is 6.42 Å². The maximum atomic E-state index is 12.3. The van der Waals surface area contributed by atoms with Crippen molar-refractivity contribution in [1.29, 1.82) is 0 Å². The number of carboxylic acid groups (broad SMARTS) is 1. The van der Waals surface area contributed by atoms with Crippen LogP contribution in [0.3, 0.4) is 0 Å². The van der Waals surface area contributed by atoms with Crippen LogP contribution in [0.2, 0.25) is 0 Å². The standard InChI is InChI=1S/C34H58NO10P/c1-3-4-5-6-7-8-9-10-11-12-13-14-15-16-17-18-19-20-21-22-23-24-25-26-33(37)45-31(27-42-30(2)36)28-43-46(40,41)44-29-32(35)34(38)39/h4-5,7-8,10-11,13-14,31-32H,3,6,9,12,15-29,35H2,1-2H3,(H,38,39)(H,40,41)/b5-4-,8-7-,11-10-,14-13-. The second-order valence-corrected chi connectivity index (χ2v) is 12.4. The number of allylic oxidation sites excluding steroid dienone is 8. The minimum absolute atomic E-state index is 0.149. The lowest BCUT2D eigenvalue weighted by Crippen LogP contribution is -2.34. The van der Waals surface area contributed by atoms with Gasteiger partial charge < -0.3 is 25.2 Å². The minimum atomic E-state index is -4.67. The molecule has 0 spiro atoms. The van der Waals surface area contributed by atoms with Gasteiger partial charge >= 0.3 is 25.7 Å². The second kappa shape index (κ2) is 29.8. The molecule has 12 heteroatoms. The molecular formula is C34H58NO10P. The van der Waals surface area contributed by atoms with E-state index in [-0.39, 0.29) is 13.0 Å². The van der Waals surface area contributed by atoms with Crippen molar-refractivity contribution in [2.24, 2.45) is 5.73 Å². The molecule has 0 radical (unpaired) electrons. The van der Waals surface area contributed by atoms with Gasteiger partial charge in [-0.05, 0) is 44.9 Å². The fraction of sp³-hybridized carbons (Fsp3) is 0.676. The number of nitrogens with two attached hydrogens (primary N) is 1. The molecule has 0 saturated heterocycles. The third-order valence-electron chi connectivity index (χ3n) is 6.65. The molecule has 0 bridgehead atoms. The largest absolute Gasteiger partial charge is 0.480 e. The number of phosphoric acid groups is 1. The van der Waals surface area contributed by atoms with Crippen LogP contribution in [0.1, 0.15) is 117 Å². The summed E-state index contributed by atoms with van der Waals surface area (Å²) >= 11 is 0. The summed E-state index contributed by atoms with van der Waals surface area (Å²) in [5.74, 6) is -2.59. The van der Waals surface area contributed by atoms with Crippen LogP contribution in [0.4, 0.5) is 0 Å². The van der Waals surface area contributed by atoms with E-state index in [1.165, 1.54) is 45.4 Å². The highest BCUT2D eigenvalue weighted by molar-refractivity contribution is 7.47. The fourth-order valence-corrected chi connectivity index (χ4v) is 4.85. The van der Waals surface area contributed by atoms with Crippen LogP contribution in [-0.4, -0.2) is 59.9 Å². The summed E-state index contributed by atoms with van der Waals surface area (Å²) in [5, 5.41) is 8.73. The molecule has 46 heavy (non-hydrogen) atoms. The number of carbonyl (C=O) groups excluding carboxylic acids is 2. The van der Waals surface area contributed by atoms with Gasteiger partial charge in [0, 0.05) is 13.3 Å². The summed E-state index contributed by atoms with van der Waals surface area (Å²) in [6.07, 6.45) is 33.0. The molecule has 0 rings (SSSR count). The van der Waals surface area contributed by atoms with Crippen molar-refractivity contribution in [3.63, 3.8) is 0 Å². The Balaban J connectivity index is 3.88. The van der Waals surface area contributed by atoms with Gasteiger partial charge in [-0.3, -0.25) is 23.4 Å². The van der Waals surface area contributed by atoms with E-state index in [1.807, 2.05) is 0 Å². The van der Waals surface area contributed by atoms with Crippen molar-refractivity contribution < 1.29 is 47.5 Å². The highest BCUT2D eigenvalue weighted by Crippen LogP contribution is 2.43. The predicted molar refractivity (Wildman–Crippen MR) is 180 cm³/mol. The molecular weight excluding hydrogens is 613 g/mol. The van der Waals surface area contributed by atoms with Crippen LogP contribution in [-0.2, 0) is 37.5 Å². The third kappa shape index (κ3) is 30.1. The first-order valence-corrected chi connectivity index (χ1v) is 18.1. The van der Waals surface area contributed by atoms with E-state index in [4.69, 9.17) is 24.8 Å². The van der Waals surface area contributed by atoms with Crippen molar-refractivity contribution in [2.75, 3.05) is 19.8 Å². The maximum Gasteiger partial charge on any atom is 0.472 e. The quantitative estimate of drug-likeness (QED) is 0.0299. The molecule has 0 aromatic carbocycles. The molecule has 264 valence electrons. The molecule has 0 saturated carbocycles. The topological polar surface area (TPSA) is 172 Å². The van der Waals surface area contributed by atoms with E-state index >= 15 is 0 Å². The lowest BCUT2D eigenvalue weighted by atomic mass is 10.0. The molecule has 0 aliphatic rings. The Kier molecular flexibility index (Phi) is 28.2. The first kappa shape index (κ1) is 43.4. The van der Waals surface area contributed by atoms with Gasteiger partial charge in [0.15, 0.2) is 6.10 Å². The summed E-state index contributed by atoms with van der Waals surface area (Å²) in [6.45, 7) is 1.58. The number of unbranched alkanes of at least 4 members (excludes halogenated alkanes) is 10. The highest BCUT2D eigenvalue weighted by atomic mass is 31.2. The zero-order valence-corrected chi connectivity index (χ0v) is 28.8. The van der Waals surface area contributed by atoms with Crippen LogP contribution < -0.4 is 5.73 Å². The number of rotatable bonds is 30. The molecule has 0 fully saturated rings. The number of esters is 2. The van der Waals surface area contributed by atoms with Gasteiger partial charge in [-0.15, -0.1) is 0 Å². The van der Waals surface area contributed by atoms with Crippen molar-refractivity contribution in [2.45, 2.75) is 129 Å². The highest BCUT2D eigenvalue weighted by Gasteiger charge is 2.27. The van der Waals surface area contributed by atoms with Gasteiger partial charge in [0.05, 0.1) is 13.2 Å². The number of hydrogen-bond acceptors (Lipinski definition) is 9. The van der Waals surface area contributed by atoms with Gasteiger partial charge in [-0.25, -0.2) is 4.57 Å². The number of hydrogen-bond donors (Lipinski definition) is 3. The van der Waals surface area contributed by atoms with E-state index in [0.717, 1.165) is 51.4 Å². The van der Waals surface area contributed by atoms with E-state index in [9.17, 15) is 23.8 Å². The van der Waals surface area contributed by atoms with Crippen LogP contribution in [0.15, 0.2) is 48.6 Å². The fourth-order valence-electron chi connectivity index (χ4n) is 4.07. The molecule has 0 aliphatic heterocycles. The zero-order chi connectivity index (χ0) is 34.3. The molecule has 4 N–H and O–H groups in total. The van der Waals surface area contributed by atoms with Gasteiger partial charge in [0.1, 0.15) is 12.6 Å². The molecule has 0 aromatic heterocycles. The summed E-state index contributed by atoms with van der Waals surface area (Å²) in [7, 11) is -4.67. The second-order valence-electron chi connectivity index (χ2n) is 11.0. The Labute approximate surface area is 275 Å². The molecule has 11 nitrogen and oxygen atoms in total. The van der Waals surface area contributed by atoms with Crippen molar-refractivity contribution in [3.8, 4) is 0 Å². The van der Waals surface area contributed by atoms with Gasteiger partial charge in [-0.2, -0.15) is 0 Å². The number of phosphoric ester groups is 1. The molecule has 3 atom stereocenters. The molecule has 0 heterocycles. The number of carboxylic acids is 1. The Bertz CT molecular complexity index is 979. The average molecular weight is 672 g/mol. The first-order valence-electron chi connectivity index (χ1n) is 16.6. The van der Waals surface area contributed by atoms with E-state index in [2.05, 4.69) is 60.1 Å². The summed E-state index contributed by atoms with van der Waals surface area (Å²) in [6, 6.07) is -1.52. The third-order valence-corrected chi connectivity index (χ3v) is 7.60. The van der Waals surface area contributed by atoms with Crippen LogP contribution in [0, 0.1) is 0 Å². The van der Waals surface area contributed by atoms with Crippen molar-refractivity contribution in [1.82, 2.24) is 0 Å². The van der Waals surface area contributed by atoms with Gasteiger partial charge in [-0.1, -0.05) is 107 Å². The zero-order valence-electron chi connectivity index (χ0n) is 27.9. The Morgan fingerprint density at radius 2 is 1.20 bits per heavy atom. The first-order chi connectivity index (χ1) is 22.1. The number of ether oxygens (including phenoxy) is 2. The monoisotopic (exact) mass is 671 g/mol. The lowest BCUT2D eigenvalue weighted by molar-refractivity contribution is -0.160. The molecule has 3 unspecified atom stereocenters. The molecule has 0 amide bonds. The summed E-state index contributed by atoms with van der Waals surface area (Å²) in [4.78, 5) is 43.8. The molecule has 0 aromatic rings. The Hall–Kier alpha value is -2.56. The molecule has 0 aliphatic carbocycles. The number of carbonyl (C=O) groups is 3. The van der Waals surface area contributed by atoms with Crippen molar-refractivity contribution >= 4 is 25.7 Å². The predicted octanol–water partition coefficient (Wildman–Crippen LogP) is 7.49. The average Bonchev–Trinajstić information content (AvgIpc) is 3.01. The normalized spacial score (nSPS) is 14.7. The van der Waals surface area contributed by atoms with Crippen molar-refractivity contribution in [3.05, 3.63) is 48.6 Å².